The number of fused-ring (bicyclic) bond motifs is 14. The Labute approximate surface area is 552 Å². The lowest BCUT2D eigenvalue weighted by Crippen LogP contribution is -2.00. The molecule has 0 spiro atoms. The van der Waals surface area contributed by atoms with Crippen LogP contribution in [0.3, 0.4) is 0 Å². The highest BCUT2D eigenvalue weighted by atomic mass is 15.0. The topological polar surface area (TPSA) is 45.5 Å². The van der Waals surface area contributed by atoms with Gasteiger partial charge in [0.2, 0.25) is 0 Å². The summed E-state index contributed by atoms with van der Waals surface area (Å²) in [5, 5.41) is 14.3. The van der Waals surface area contributed by atoms with Crippen molar-refractivity contribution in [3.8, 4) is 78.9 Å². The van der Waals surface area contributed by atoms with Crippen LogP contribution in [0.15, 0.2) is 340 Å². The van der Waals surface area contributed by atoms with Crippen LogP contribution in [0.5, 0.6) is 0 Å². The molecule has 0 amide bonds. The molecule has 96 heavy (non-hydrogen) atoms. The predicted octanol–water partition coefficient (Wildman–Crippen LogP) is 23.5. The third-order valence-electron chi connectivity index (χ3n) is 20.0. The zero-order valence-corrected chi connectivity index (χ0v) is 52.0. The van der Waals surface area contributed by atoms with Gasteiger partial charge in [0.25, 0.3) is 0 Å². The highest BCUT2D eigenvalue weighted by Gasteiger charge is 2.23. The third kappa shape index (κ3) is 8.25. The van der Waals surface area contributed by atoms with E-state index in [0.29, 0.717) is 5.82 Å². The molecule has 15 aromatic carbocycles. The molecule has 6 nitrogen and oxygen atoms in total. The molecule has 6 heteroatoms. The summed E-state index contributed by atoms with van der Waals surface area (Å²) in [7, 11) is 0. The van der Waals surface area contributed by atoms with Crippen molar-refractivity contribution < 1.29 is 0 Å². The largest absolute Gasteiger partial charge is 0.309 e. The highest BCUT2D eigenvalue weighted by molar-refractivity contribution is 6.16. The number of hydrogen-bond donors (Lipinski definition) is 0. The fourth-order valence-electron chi connectivity index (χ4n) is 15.7. The van der Waals surface area contributed by atoms with Gasteiger partial charge in [0.05, 0.1) is 66.9 Å². The summed E-state index contributed by atoms with van der Waals surface area (Å²) in [6, 6.07) is 124. The van der Waals surface area contributed by atoms with Crippen LogP contribution in [0.25, 0.3) is 188 Å². The number of rotatable bonds is 9. The Morgan fingerprint density at radius 3 is 0.917 bits per heavy atom. The maximum absolute atomic E-state index is 5.49. The summed E-state index contributed by atoms with van der Waals surface area (Å²) in [6.45, 7) is 0. The van der Waals surface area contributed by atoms with E-state index in [2.05, 4.69) is 358 Å². The number of para-hydroxylation sites is 6. The minimum Gasteiger partial charge on any atom is -0.309 e. The quantitative estimate of drug-likeness (QED) is 0.145. The van der Waals surface area contributed by atoms with E-state index in [9.17, 15) is 0 Å². The third-order valence-corrected chi connectivity index (χ3v) is 20.0. The van der Waals surface area contributed by atoms with Crippen LogP contribution < -0.4 is 0 Å². The summed E-state index contributed by atoms with van der Waals surface area (Å²) in [5.41, 5.74) is 23.3. The van der Waals surface area contributed by atoms with Gasteiger partial charge >= 0.3 is 0 Å². The molecule has 0 unspecified atom stereocenters. The molecule has 0 saturated carbocycles. The van der Waals surface area contributed by atoms with Gasteiger partial charge in [-0.05, 0) is 136 Å². The van der Waals surface area contributed by atoms with E-state index in [1.165, 1.54) is 87.4 Å². The SMILES string of the molecule is c1ccc(-c2nc(-c3ccc(-n4c5ccccc5c5cc(-c6ccc7c8ccccc8n(-c8ccccc8)c7c6)ccc54)c4ccccc34)cc(-c3ccc(-n4c5ccccc5c5cc(-c6ccc7c8ccccc8n(-c8ccccc8)c7c6)ccc54)c4ccccc34)n2)cc1. The molecule has 0 N–H and O–H groups in total. The van der Waals surface area contributed by atoms with Crippen molar-refractivity contribution in [3.63, 3.8) is 0 Å². The molecular weight excluding hydrogens is 1170 g/mol. The monoisotopic (exact) mass is 1220 g/mol. The number of aromatic nitrogens is 6. The van der Waals surface area contributed by atoms with Crippen molar-refractivity contribution in [2.45, 2.75) is 0 Å². The van der Waals surface area contributed by atoms with Gasteiger partial charge in [0, 0.05) is 81.9 Å². The van der Waals surface area contributed by atoms with E-state index in [4.69, 9.17) is 9.97 Å². The van der Waals surface area contributed by atoms with E-state index >= 15 is 0 Å². The summed E-state index contributed by atoms with van der Waals surface area (Å²) in [4.78, 5) is 11.0. The molecular formula is C90H56N6. The summed E-state index contributed by atoms with van der Waals surface area (Å²) < 4.78 is 9.70. The number of hydrogen-bond acceptors (Lipinski definition) is 2. The molecule has 0 radical (unpaired) electrons. The van der Waals surface area contributed by atoms with E-state index in [-0.39, 0.29) is 0 Å². The fourth-order valence-corrected chi connectivity index (χ4v) is 15.7. The van der Waals surface area contributed by atoms with E-state index < -0.39 is 0 Å². The summed E-state index contributed by atoms with van der Waals surface area (Å²) in [6.07, 6.45) is 0. The average Bonchev–Trinajstić information content (AvgIpc) is 1.54. The summed E-state index contributed by atoms with van der Waals surface area (Å²) >= 11 is 0. The molecule has 0 aliphatic rings. The molecule has 5 heterocycles. The average molecular weight is 1220 g/mol. The van der Waals surface area contributed by atoms with Crippen molar-refractivity contribution in [2.24, 2.45) is 0 Å². The number of benzene rings is 15. The molecule has 0 atom stereocenters. The van der Waals surface area contributed by atoms with Crippen LogP contribution in [0.2, 0.25) is 0 Å². The molecule has 0 aliphatic heterocycles. The fraction of sp³-hybridized carbons (Fsp3) is 0. The van der Waals surface area contributed by atoms with E-state index in [0.717, 1.165) is 94.4 Å². The standard InChI is InChI=1S/C90H56N6/c1-4-22-57(23-5-1)90-91-78(66-46-50-84(68-30-12-10-28-64(66)68)95-82-38-20-16-34-72(82)76-52-58(42-48-86(76)95)60-40-44-74-70-32-14-18-36-80(70)93(88(74)54-60)62-24-6-2-7-25-62)56-79(92-90)67-47-51-85(69-31-13-11-29-65(67)69)96-83-39-21-17-35-73(83)77-53-59(43-49-87(77)96)61-41-45-75-71-33-15-19-37-81(71)94(89(75)55-61)63-26-8-3-9-27-63/h1-56H. The first-order valence-electron chi connectivity index (χ1n) is 32.9. The first-order valence-corrected chi connectivity index (χ1v) is 32.9. The van der Waals surface area contributed by atoms with Crippen LogP contribution >= 0.6 is 0 Å². The second-order valence-electron chi connectivity index (χ2n) is 25.2. The molecule has 0 bridgehead atoms. The maximum atomic E-state index is 5.49. The first kappa shape index (κ1) is 53.7. The van der Waals surface area contributed by atoms with Crippen LogP contribution in [0, 0.1) is 0 Å². The second-order valence-corrected chi connectivity index (χ2v) is 25.2. The lowest BCUT2D eigenvalue weighted by molar-refractivity contribution is 1.18. The van der Waals surface area contributed by atoms with Crippen LogP contribution in [-0.4, -0.2) is 28.2 Å². The Kier molecular flexibility index (Phi) is 11.9. The van der Waals surface area contributed by atoms with Crippen molar-refractivity contribution in [3.05, 3.63) is 340 Å². The molecule has 20 rings (SSSR count). The molecule has 0 saturated heterocycles. The Bertz CT molecular complexity index is 6190. The molecule has 0 aliphatic carbocycles. The minimum absolute atomic E-state index is 0.669. The Balaban J connectivity index is 0.708. The van der Waals surface area contributed by atoms with E-state index in [1.807, 2.05) is 0 Å². The maximum Gasteiger partial charge on any atom is 0.160 e. The van der Waals surface area contributed by atoms with Crippen molar-refractivity contribution >= 4 is 109 Å². The lowest BCUT2D eigenvalue weighted by atomic mass is 9.96. The van der Waals surface area contributed by atoms with Crippen LogP contribution in [0.4, 0.5) is 0 Å². The van der Waals surface area contributed by atoms with Gasteiger partial charge < -0.3 is 18.3 Å². The van der Waals surface area contributed by atoms with Crippen molar-refractivity contribution in [1.29, 1.82) is 0 Å². The normalized spacial score (nSPS) is 12.0. The predicted molar refractivity (Wildman–Crippen MR) is 402 cm³/mol. The zero-order chi connectivity index (χ0) is 63.0. The van der Waals surface area contributed by atoms with Crippen molar-refractivity contribution in [1.82, 2.24) is 28.2 Å². The zero-order valence-electron chi connectivity index (χ0n) is 52.0. The highest BCUT2D eigenvalue weighted by Crippen LogP contribution is 2.45. The molecule has 446 valence electrons. The Morgan fingerprint density at radius 1 is 0.177 bits per heavy atom. The molecule has 20 aromatic rings. The van der Waals surface area contributed by atoms with Gasteiger partial charge in [-0.15, -0.1) is 0 Å². The minimum atomic E-state index is 0.669. The molecule has 0 fully saturated rings. The van der Waals surface area contributed by atoms with Gasteiger partial charge in [-0.1, -0.05) is 237 Å². The molecule has 5 aromatic heterocycles. The van der Waals surface area contributed by atoms with Crippen molar-refractivity contribution in [2.75, 3.05) is 0 Å². The van der Waals surface area contributed by atoms with E-state index in [1.54, 1.807) is 0 Å². The smallest absolute Gasteiger partial charge is 0.160 e. The lowest BCUT2D eigenvalue weighted by Gasteiger charge is -2.17. The van der Waals surface area contributed by atoms with Gasteiger partial charge in [-0.25, -0.2) is 9.97 Å². The number of nitrogens with zero attached hydrogens (tertiary/aromatic N) is 6. The van der Waals surface area contributed by atoms with Gasteiger partial charge in [0.1, 0.15) is 0 Å². The Hall–Kier alpha value is -12.9. The Morgan fingerprint density at radius 2 is 0.490 bits per heavy atom. The van der Waals surface area contributed by atoms with Gasteiger partial charge in [-0.2, -0.15) is 0 Å². The van der Waals surface area contributed by atoms with Gasteiger partial charge in [-0.3, -0.25) is 0 Å². The second kappa shape index (κ2) is 21.3. The van der Waals surface area contributed by atoms with Crippen LogP contribution in [-0.2, 0) is 0 Å². The summed E-state index contributed by atoms with van der Waals surface area (Å²) in [5.74, 6) is 0.669. The van der Waals surface area contributed by atoms with Crippen LogP contribution in [0.1, 0.15) is 0 Å². The first-order chi connectivity index (χ1) is 47.6. The van der Waals surface area contributed by atoms with Gasteiger partial charge in [0.15, 0.2) is 5.82 Å².